The summed E-state index contributed by atoms with van der Waals surface area (Å²) in [6, 6.07) is 10.2. The highest BCUT2D eigenvalue weighted by Gasteiger charge is 2.30. The number of carbonyl (C=O) groups excluding carboxylic acids is 1. The summed E-state index contributed by atoms with van der Waals surface area (Å²) in [5.41, 5.74) is 1.02. The van der Waals surface area contributed by atoms with Crippen LogP contribution in [0.4, 0.5) is 0 Å². The van der Waals surface area contributed by atoms with E-state index in [4.69, 9.17) is 0 Å². The van der Waals surface area contributed by atoms with Crippen LogP contribution in [0.15, 0.2) is 36.4 Å². The van der Waals surface area contributed by atoms with E-state index in [1.807, 2.05) is 41.3 Å². The van der Waals surface area contributed by atoms with E-state index in [0.717, 1.165) is 31.5 Å². The van der Waals surface area contributed by atoms with Crippen LogP contribution in [0.3, 0.4) is 0 Å². The van der Waals surface area contributed by atoms with Crippen molar-refractivity contribution in [1.29, 1.82) is 0 Å². The van der Waals surface area contributed by atoms with Crippen molar-refractivity contribution in [2.75, 3.05) is 37.7 Å². The molecular weight excluding hydrogens is 324 g/mol. The molecule has 2 aliphatic heterocycles. The first-order valence-corrected chi connectivity index (χ1v) is 10.3. The van der Waals surface area contributed by atoms with Crippen molar-refractivity contribution < 1.29 is 13.2 Å². The second kappa shape index (κ2) is 7.49. The van der Waals surface area contributed by atoms with Crippen LogP contribution in [0.1, 0.15) is 18.4 Å². The van der Waals surface area contributed by atoms with E-state index in [1.54, 1.807) is 6.08 Å². The zero-order valence-corrected chi connectivity index (χ0v) is 14.6. The molecule has 0 aliphatic carbocycles. The first-order chi connectivity index (χ1) is 11.5. The molecule has 24 heavy (non-hydrogen) atoms. The number of sulfone groups is 1. The summed E-state index contributed by atoms with van der Waals surface area (Å²) in [5.74, 6) is 0.650. The molecule has 0 aromatic heterocycles. The molecule has 2 aliphatic rings. The van der Waals surface area contributed by atoms with Gasteiger partial charge in [0.15, 0.2) is 0 Å². The summed E-state index contributed by atoms with van der Waals surface area (Å²) in [4.78, 5) is 16.5. The zero-order valence-electron chi connectivity index (χ0n) is 13.8. The smallest absolute Gasteiger partial charge is 0.246 e. The Morgan fingerprint density at radius 3 is 2.25 bits per heavy atom. The predicted molar refractivity (Wildman–Crippen MR) is 95.3 cm³/mol. The molecule has 3 rings (SSSR count). The fourth-order valence-electron chi connectivity index (χ4n) is 3.39. The highest BCUT2D eigenvalue weighted by Crippen LogP contribution is 2.19. The first kappa shape index (κ1) is 17.2. The second-order valence-corrected chi connectivity index (χ2v) is 8.79. The Bertz CT molecular complexity index is 678. The molecule has 0 N–H and O–H groups in total. The zero-order chi connectivity index (χ0) is 17.0. The van der Waals surface area contributed by atoms with Gasteiger partial charge in [-0.25, -0.2) is 8.42 Å². The maximum atomic E-state index is 12.3. The van der Waals surface area contributed by atoms with E-state index >= 15 is 0 Å². The Hall–Kier alpha value is -1.66. The lowest BCUT2D eigenvalue weighted by Crippen LogP contribution is -2.53. The topological polar surface area (TPSA) is 57.7 Å². The van der Waals surface area contributed by atoms with Crippen molar-refractivity contribution >= 4 is 21.8 Å². The minimum Gasteiger partial charge on any atom is -0.337 e. The molecule has 6 heteroatoms. The van der Waals surface area contributed by atoms with E-state index in [9.17, 15) is 13.2 Å². The standard InChI is InChI=1S/C18H24N2O3S/c21-18(7-6-16-4-2-1-3-5-16)20-12-10-19(11-13-20)17-8-14-24(22,23)15-9-17/h1-7,17H,8-15H2/b7-6-. The predicted octanol–water partition coefficient (Wildman–Crippen LogP) is 1.42. The molecule has 0 radical (unpaired) electrons. The normalized spacial score (nSPS) is 22.8. The summed E-state index contributed by atoms with van der Waals surface area (Å²) in [5, 5.41) is 0. The van der Waals surface area contributed by atoms with Crippen molar-refractivity contribution in [3.8, 4) is 0 Å². The molecule has 0 spiro atoms. The fourth-order valence-corrected chi connectivity index (χ4v) is 4.85. The van der Waals surface area contributed by atoms with Crippen LogP contribution in [-0.4, -0.2) is 67.9 Å². The molecule has 130 valence electrons. The maximum Gasteiger partial charge on any atom is 0.246 e. The SMILES string of the molecule is O=C(/C=C\c1ccccc1)N1CCN(C2CCS(=O)(=O)CC2)CC1. The minimum atomic E-state index is -2.81. The fraction of sp³-hybridized carbons (Fsp3) is 0.500. The molecular formula is C18H24N2O3S. The number of benzene rings is 1. The maximum absolute atomic E-state index is 12.3. The average Bonchev–Trinajstić information content (AvgIpc) is 2.61. The van der Waals surface area contributed by atoms with E-state index in [0.29, 0.717) is 30.6 Å². The second-order valence-electron chi connectivity index (χ2n) is 6.49. The average molecular weight is 348 g/mol. The lowest BCUT2D eigenvalue weighted by atomic mass is 10.1. The number of rotatable bonds is 3. The highest BCUT2D eigenvalue weighted by molar-refractivity contribution is 7.91. The van der Waals surface area contributed by atoms with Gasteiger partial charge in [-0.3, -0.25) is 9.69 Å². The van der Waals surface area contributed by atoms with Crippen molar-refractivity contribution in [2.24, 2.45) is 0 Å². The largest absolute Gasteiger partial charge is 0.337 e. The minimum absolute atomic E-state index is 0.0460. The molecule has 0 saturated carbocycles. The van der Waals surface area contributed by atoms with Crippen LogP contribution < -0.4 is 0 Å². The summed E-state index contributed by atoms with van der Waals surface area (Å²) in [6.45, 7) is 3.08. The Labute approximate surface area is 143 Å². The Morgan fingerprint density at radius 1 is 1.00 bits per heavy atom. The first-order valence-electron chi connectivity index (χ1n) is 8.50. The number of hydrogen-bond acceptors (Lipinski definition) is 4. The van der Waals surface area contributed by atoms with E-state index in [1.165, 1.54) is 0 Å². The Morgan fingerprint density at radius 2 is 1.62 bits per heavy atom. The Kier molecular flexibility index (Phi) is 5.36. The number of nitrogens with zero attached hydrogens (tertiary/aromatic N) is 2. The van der Waals surface area contributed by atoms with Gasteiger partial charge in [0.2, 0.25) is 5.91 Å². The van der Waals surface area contributed by atoms with Gasteiger partial charge >= 0.3 is 0 Å². The molecule has 2 heterocycles. The van der Waals surface area contributed by atoms with E-state index < -0.39 is 9.84 Å². The van der Waals surface area contributed by atoms with Gasteiger partial charge in [0.05, 0.1) is 11.5 Å². The van der Waals surface area contributed by atoms with Crippen LogP contribution in [0.25, 0.3) is 6.08 Å². The summed E-state index contributed by atoms with van der Waals surface area (Å²) in [6.07, 6.45) is 4.94. The number of amides is 1. The molecule has 0 atom stereocenters. The van der Waals surface area contributed by atoms with Crippen LogP contribution in [0.5, 0.6) is 0 Å². The van der Waals surface area contributed by atoms with Crippen LogP contribution >= 0.6 is 0 Å². The summed E-state index contributed by atoms with van der Waals surface area (Å²) >= 11 is 0. The quantitative estimate of drug-likeness (QED) is 0.775. The third-order valence-corrected chi connectivity index (χ3v) is 6.60. The number of hydrogen-bond donors (Lipinski definition) is 0. The van der Waals surface area contributed by atoms with Crippen LogP contribution in [0, 0.1) is 0 Å². The van der Waals surface area contributed by atoms with Crippen molar-refractivity contribution in [2.45, 2.75) is 18.9 Å². The van der Waals surface area contributed by atoms with Gasteiger partial charge in [0.25, 0.3) is 0 Å². The van der Waals surface area contributed by atoms with Crippen LogP contribution in [-0.2, 0) is 14.6 Å². The monoisotopic (exact) mass is 348 g/mol. The molecule has 0 unspecified atom stereocenters. The van der Waals surface area contributed by atoms with Gasteiger partial charge in [-0.15, -0.1) is 0 Å². The van der Waals surface area contributed by atoms with Gasteiger partial charge < -0.3 is 4.90 Å². The van der Waals surface area contributed by atoms with E-state index in [2.05, 4.69) is 4.90 Å². The highest BCUT2D eigenvalue weighted by atomic mass is 32.2. The summed E-state index contributed by atoms with van der Waals surface area (Å²) in [7, 11) is -2.81. The number of carbonyl (C=O) groups is 1. The molecule has 1 aromatic carbocycles. The van der Waals surface area contributed by atoms with Gasteiger partial charge in [0, 0.05) is 38.3 Å². The lowest BCUT2D eigenvalue weighted by molar-refractivity contribution is -0.128. The van der Waals surface area contributed by atoms with Crippen molar-refractivity contribution in [1.82, 2.24) is 9.80 Å². The third kappa shape index (κ3) is 4.45. The molecule has 1 amide bonds. The van der Waals surface area contributed by atoms with Gasteiger partial charge in [-0.2, -0.15) is 0 Å². The van der Waals surface area contributed by atoms with Gasteiger partial charge in [0.1, 0.15) is 9.84 Å². The molecule has 2 fully saturated rings. The molecule has 5 nitrogen and oxygen atoms in total. The molecule has 1 aromatic rings. The van der Waals surface area contributed by atoms with Crippen LogP contribution in [0.2, 0.25) is 0 Å². The molecule has 2 saturated heterocycles. The number of piperazine rings is 1. The Balaban J connectivity index is 1.48. The van der Waals surface area contributed by atoms with Gasteiger partial charge in [-0.05, 0) is 24.5 Å². The lowest BCUT2D eigenvalue weighted by Gasteiger charge is -2.40. The van der Waals surface area contributed by atoms with Gasteiger partial charge in [-0.1, -0.05) is 30.3 Å². The van der Waals surface area contributed by atoms with E-state index in [-0.39, 0.29) is 5.91 Å². The third-order valence-electron chi connectivity index (χ3n) is 4.88. The summed E-state index contributed by atoms with van der Waals surface area (Å²) < 4.78 is 23.1. The van der Waals surface area contributed by atoms with Crippen molar-refractivity contribution in [3.63, 3.8) is 0 Å². The molecule has 0 bridgehead atoms. The van der Waals surface area contributed by atoms with Crippen molar-refractivity contribution in [3.05, 3.63) is 42.0 Å².